The van der Waals surface area contributed by atoms with Gasteiger partial charge in [-0.3, -0.25) is 4.90 Å². The molecule has 0 aromatic heterocycles. The third kappa shape index (κ3) is 4.89. The van der Waals surface area contributed by atoms with Crippen LogP contribution in [0.3, 0.4) is 0 Å². The van der Waals surface area contributed by atoms with Crippen LogP contribution in [0, 0.1) is 11.8 Å². The van der Waals surface area contributed by atoms with Gasteiger partial charge in [0.25, 0.3) is 0 Å². The Balaban J connectivity index is 2.67. The summed E-state index contributed by atoms with van der Waals surface area (Å²) in [5, 5.41) is 0. The molecular formula is C15H22N2O. The van der Waals surface area contributed by atoms with E-state index in [1.165, 1.54) is 5.56 Å². The van der Waals surface area contributed by atoms with Crippen molar-refractivity contribution in [2.45, 2.75) is 19.5 Å². The van der Waals surface area contributed by atoms with Crippen molar-refractivity contribution in [2.75, 3.05) is 27.3 Å². The van der Waals surface area contributed by atoms with Crippen molar-refractivity contribution in [3.8, 4) is 11.8 Å². The second kappa shape index (κ2) is 7.88. The zero-order valence-electron chi connectivity index (χ0n) is 11.4. The van der Waals surface area contributed by atoms with Crippen molar-refractivity contribution in [1.29, 1.82) is 0 Å². The molecule has 0 heterocycles. The lowest BCUT2D eigenvalue weighted by molar-refractivity contribution is 0.112. The van der Waals surface area contributed by atoms with Gasteiger partial charge in [0.2, 0.25) is 0 Å². The molecule has 1 aromatic carbocycles. The van der Waals surface area contributed by atoms with Gasteiger partial charge in [0.15, 0.2) is 0 Å². The quantitative estimate of drug-likeness (QED) is 0.800. The number of ether oxygens (including phenoxy) is 1. The van der Waals surface area contributed by atoms with E-state index in [1.54, 1.807) is 7.11 Å². The van der Waals surface area contributed by atoms with Gasteiger partial charge in [-0.1, -0.05) is 24.0 Å². The average Bonchev–Trinajstić information content (AvgIpc) is 2.37. The van der Waals surface area contributed by atoms with E-state index < -0.39 is 0 Å². The molecule has 3 nitrogen and oxygen atoms in total. The van der Waals surface area contributed by atoms with Gasteiger partial charge in [-0.25, -0.2) is 0 Å². The van der Waals surface area contributed by atoms with Crippen molar-refractivity contribution < 1.29 is 4.74 Å². The van der Waals surface area contributed by atoms with E-state index in [1.807, 2.05) is 12.1 Å². The van der Waals surface area contributed by atoms with Crippen LogP contribution in [0.2, 0.25) is 0 Å². The zero-order chi connectivity index (χ0) is 13.4. The number of nitrogens with two attached hydrogens (primary N) is 1. The minimum atomic E-state index is 0.397. The van der Waals surface area contributed by atoms with E-state index in [4.69, 9.17) is 10.5 Å². The second-order valence-corrected chi connectivity index (χ2v) is 4.43. The maximum Gasteiger partial charge on any atom is 0.0615 e. The molecule has 1 rings (SSSR count). The molecule has 0 aliphatic carbocycles. The number of rotatable bonds is 5. The maximum atomic E-state index is 5.37. The van der Waals surface area contributed by atoms with Gasteiger partial charge < -0.3 is 10.5 Å². The Morgan fingerprint density at radius 3 is 2.89 bits per heavy atom. The first-order chi connectivity index (χ1) is 8.67. The van der Waals surface area contributed by atoms with E-state index in [2.05, 4.69) is 42.8 Å². The van der Waals surface area contributed by atoms with Crippen LogP contribution in [0.4, 0.5) is 0 Å². The van der Waals surface area contributed by atoms with E-state index in [9.17, 15) is 0 Å². The number of likely N-dealkylation sites (N-methyl/N-ethyl adjacent to an activating group) is 1. The molecule has 1 unspecified atom stereocenters. The molecular weight excluding hydrogens is 224 g/mol. The number of nitrogens with zero attached hydrogens (tertiary/aromatic N) is 1. The summed E-state index contributed by atoms with van der Waals surface area (Å²) in [6.07, 6.45) is 0. The molecule has 0 fully saturated rings. The minimum absolute atomic E-state index is 0.397. The number of methoxy groups -OCH3 is 1. The Hall–Kier alpha value is -1.34. The van der Waals surface area contributed by atoms with E-state index in [-0.39, 0.29) is 0 Å². The van der Waals surface area contributed by atoms with Crippen molar-refractivity contribution in [3.05, 3.63) is 35.4 Å². The highest BCUT2D eigenvalue weighted by Gasteiger charge is 2.09. The standard InChI is InChI=1S/C15H22N2O/c1-13(12-18-3)17(2)11-15-7-4-6-14(10-15)8-5-9-16/h4,6-7,10,13H,9,11-12,16H2,1-3H3. The first-order valence-electron chi connectivity index (χ1n) is 6.14. The topological polar surface area (TPSA) is 38.5 Å². The molecule has 0 bridgehead atoms. The van der Waals surface area contributed by atoms with Crippen molar-refractivity contribution in [3.63, 3.8) is 0 Å². The summed E-state index contributed by atoms with van der Waals surface area (Å²) >= 11 is 0. The predicted octanol–water partition coefficient (Wildman–Crippen LogP) is 1.46. The number of benzene rings is 1. The summed E-state index contributed by atoms with van der Waals surface area (Å²) in [5.41, 5.74) is 7.65. The molecule has 2 N–H and O–H groups in total. The molecule has 18 heavy (non-hydrogen) atoms. The average molecular weight is 246 g/mol. The molecule has 3 heteroatoms. The fourth-order valence-electron chi connectivity index (χ4n) is 1.71. The fraction of sp³-hybridized carbons (Fsp3) is 0.467. The third-order valence-electron chi connectivity index (χ3n) is 2.85. The highest BCUT2D eigenvalue weighted by Crippen LogP contribution is 2.09. The first-order valence-corrected chi connectivity index (χ1v) is 6.14. The van der Waals surface area contributed by atoms with Crippen LogP contribution in [-0.2, 0) is 11.3 Å². The highest BCUT2D eigenvalue weighted by atomic mass is 16.5. The smallest absolute Gasteiger partial charge is 0.0615 e. The molecule has 0 amide bonds. The highest BCUT2D eigenvalue weighted by molar-refractivity contribution is 5.37. The van der Waals surface area contributed by atoms with Gasteiger partial charge in [0, 0.05) is 25.3 Å². The predicted molar refractivity (Wildman–Crippen MR) is 75.2 cm³/mol. The Morgan fingerprint density at radius 1 is 1.44 bits per heavy atom. The normalized spacial score (nSPS) is 12.1. The van der Waals surface area contributed by atoms with Gasteiger partial charge >= 0.3 is 0 Å². The molecule has 0 aliphatic heterocycles. The van der Waals surface area contributed by atoms with Gasteiger partial charge in [-0.2, -0.15) is 0 Å². The molecule has 0 saturated carbocycles. The van der Waals surface area contributed by atoms with Crippen LogP contribution >= 0.6 is 0 Å². The van der Waals surface area contributed by atoms with Crippen LogP contribution in [0.5, 0.6) is 0 Å². The Bertz CT molecular complexity index is 420. The Labute approximate surface area is 110 Å². The SMILES string of the molecule is COCC(C)N(C)Cc1cccc(C#CCN)c1. The largest absolute Gasteiger partial charge is 0.383 e. The maximum absolute atomic E-state index is 5.37. The molecule has 98 valence electrons. The summed E-state index contributed by atoms with van der Waals surface area (Å²) in [5.74, 6) is 5.93. The van der Waals surface area contributed by atoms with Crippen LogP contribution < -0.4 is 5.73 Å². The van der Waals surface area contributed by atoms with Crippen molar-refractivity contribution in [2.24, 2.45) is 5.73 Å². The van der Waals surface area contributed by atoms with Gasteiger partial charge in [-0.05, 0) is 31.7 Å². The molecule has 0 radical (unpaired) electrons. The second-order valence-electron chi connectivity index (χ2n) is 4.43. The number of hydrogen-bond acceptors (Lipinski definition) is 3. The number of hydrogen-bond donors (Lipinski definition) is 1. The Kier molecular flexibility index (Phi) is 6.45. The molecule has 0 spiro atoms. The van der Waals surface area contributed by atoms with E-state index in [0.717, 1.165) is 18.7 Å². The van der Waals surface area contributed by atoms with Crippen LogP contribution in [0.25, 0.3) is 0 Å². The first kappa shape index (κ1) is 14.7. The van der Waals surface area contributed by atoms with Crippen LogP contribution in [0.1, 0.15) is 18.1 Å². The van der Waals surface area contributed by atoms with Gasteiger partial charge in [0.05, 0.1) is 13.2 Å². The Morgan fingerprint density at radius 2 is 2.22 bits per heavy atom. The summed E-state index contributed by atoms with van der Waals surface area (Å²) in [6.45, 7) is 4.18. The lowest BCUT2D eigenvalue weighted by Gasteiger charge is -2.24. The molecule has 0 saturated heterocycles. The summed E-state index contributed by atoms with van der Waals surface area (Å²) in [4.78, 5) is 2.26. The third-order valence-corrected chi connectivity index (χ3v) is 2.85. The molecule has 1 atom stereocenters. The summed E-state index contributed by atoms with van der Waals surface area (Å²) < 4.78 is 5.16. The zero-order valence-corrected chi connectivity index (χ0v) is 11.4. The van der Waals surface area contributed by atoms with Gasteiger partial charge in [-0.15, -0.1) is 0 Å². The molecule has 0 aliphatic rings. The fourth-order valence-corrected chi connectivity index (χ4v) is 1.71. The van der Waals surface area contributed by atoms with Crippen molar-refractivity contribution >= 4 is 0 Å². The molecule has 1 aromatic rings. The van der Waals surface area contributed by atoms with E-state index in [0.29, 0.717) is 12.6 Å². The summed E-state index contributed by atoms with van der Waals surface area (Å²) in [7, 11) is 3.83. The van der Waals surface area contributed by atoms with E-state index >= 15 is 0 Å². The summed E-state index contributed by atoms with van der Waals surface area (Å²) in [6, 6.07) is 8.66. The van der Waals surface area contributed by atoms with Crippen molar-refractivity contribution in [1.82, 2.24) is 4.90 Å². The van der Waals surface area contributed by atoms with Crippen LogP contribution in [-0.4, -0.2) is 38.3 Å². The lowest BCUT2D eigenvalue weighted by Crippen LogP contribution is -2.32. The minimum Gasteiger partial charge on any atom is -0.383 e. The van der Waals surface area contributed by atoms with Gasteiger partial charge in [0.1, 0.15) is 0 Å². The lowest BCUT2D eigenvalue weighted by atomic mass is 10.1. The monoisotopic (exact) mass is 246 g/mol. The van der Waals surface area contributed by atoms with Crippen LogP contribution in [0.15, 0.2) is 24.3 Å².